The number of hydrogen-bond acceptors (Lipinski definition) is 4. The van der Waals surface area contributed by atoms with Crippen LogP contribution in [0.25, 0.3) is 16.9 Å². The zero-order valence-electron chi connectivity index (χ0n) is 14.6. The van der Waals surface area contributed by atoms with E-state index in [0.29, 0.717) is 10.7 Å². The molecule has 2 N–H and O–H groups in total. The minimum Gasteiger partial charge on any atom is -0.406 e. The van der Waals surface area contributed by atoms with E-state index in [4.69, 9.17) is 5.14 Å². The molecule has 0 amide bonds. The monoisotopic (exact) mass is 451 g/mol. The van der Waals surface area contributed by atoms with Gasteiger partial charge in [0.25, 0.3) is 0 Å². The van der Waals surface area contributed by atoms with Gasteiger partial charge in [-0.15, -0.1) is 13.2 Å². The second-order valence-electron chi connectivity index (χ2n) is 5.91. The SMILES string of the molecule is NS(=O)(=O)c1ccccc1-n1nc(C(F)(F)F)cc1-c1ccc(OC(F)(F)F)cc1. The number of ether oxygens (including phenoxy) is 1. The molecular weight excluding hydrogens is 440 g/mol. The minimum atomic E-state index is -4.94. The molecule has 0 radical (unpaired) electrons. The van der Waals surface area contributed by atoms with Crippen molar-refractivity contribution in [3.8, 4) is 22.7 Å². The predicted octanol–water partition coefficient (Wildman–Crippen LogP) is 4.10. The van der Waals surface area contributed by atoms with E-state index < -0.39 is 38.9 Å². The molecule has 0 aliphatic heterocycles. The fourth-order valence-corrected chi connectivity index (χ4v) is 3.32. The zero-order chi connectivity index (χ0) is 22.3. The van der Waals surface area contributed by atoms with Gasteiger partial charge in [-0.25, -0.2) is 18.2 Å². The van der Waals surface area contributed by atoms with Gasteiger partial charge in [0, 0.05) is 5.56 Å². The normalized spacial score (nSPS) is 12.8. The Morgan fingerprint density at radius 3 is 2.07 bits per heavy atom. The molecule has 2 aromatic carbocycles. The summed E-state index contributed by atoms with van der Waals surface area (Å²) in [6.07, 6.45) is -9.81. The van der Waals surface area contributed by atoms with E-state index in [9.17, 15) is 34.8 Å². The maximum absolute atomic E-state index is 13.2. The Labute approximate surface area is 165 Å². The van der Waals surface area contributed by atoms with E-state index in [1.165, 1.54) is 18.2 Å². The van der Waals surface area contributed by atoms with Crippen LogP contribution in [0.5, 0.6) is 5.75 Å². The number of aromatic nitrogens is 2. The number of sulfonamides is 1. The molecule has 0 aliphatic rings. The summed E-state index contributed by atoms with van der Waals surface area (Å²) in [5, 5.41) is 8.59. The predicted molar refractivity (Wildman–Crippen MR) is 92.1 cm³/mol. The van der Waals surface area contributed by atoms with Crippen LogP contribution in [-0.4, -0.2) is 24.6 Å². The van der Waals surface area contributed by atoms with E-state index in [1.54, 1.807) is 0 Å². The summed E-state index contributed by atoms with van der Waals surface area (Å²) in [4.78, 5) is -0.486. The van der Waals surface area contributed by atoms with Gasteiger partial charge in [0.1, 0.15) is 10.6 Å². The van der Waals surface area contributed by atoms with Crippen molar-refractivity contribution in [2.45, 2.75) is 17.4 Å². The van der Waals surface area contributed by atoms with Gasteiger partial charge >= 0.3 is 12.5 Å². The Morgan fingerprint density at radius 2 is 1.53 bits per heavy atom. The van der Waals surface area contributed by atoms with Crippen molar-refractivity contribution < 1.29 is 39.5 Å². The molecule has 1 heterocycles. The average molecular weight is 451 g/mol. The number of nitrogens with two attached hydrogens (primary N) is 1. The van der Waals surface area contributed by atoms with Crippen molar-refractivity contribution in [3.63, 3.8) is 0 Å². The molecule has 0 atom stereocenters. The quantitative estimate of drug-likeness (QED) is 0.605. The number of para-hydroxylation sites is 1. The van der Waals surface area contributed by atoms with Crippen LogP contribution in [0.2, 0.25) is 0 Å². The van der Waals surface area contributed by atoms with Gasteiger partial charge in [0.15, 0.2) is 5.69 Å². The molecule has 160 valence electrons. The first-order valence-electron chi connectivity index (χ1n) is 7.91. The Kier molecular flexibility index (Phi) is 5.28. The molecule has 0 fully saturated rings. The Hall–Kier alpha value is -3.06. The van der Waals surface area contributed by atoms with Crippen LogP contribution in [0.4, 0.5) is 26.3 Å². The zero-order valence-corrected chi connectivity index (χ0v) is 15.4. The first-order chi connectivity index (χ1) is 13.8. The van der Waals surface area contributed by atoms with Gasteiger partial charge in [0.05, 0.1) is 11.4 Å². The van der Waals surface area contributed by atoms with Crippen molar-refractivity contribution in [1.29, 1.82) is 0 Å². The second kappa shape index (κ2) is 7.32. The van der Waals surface area contributed by atoms with E-state index in [2.05, 4.69) is 9.84 Å². The molecule has 0 saturated heterocycles. The third-order valence-electron chi connectivity index (χ3n) is 3.78. The number of benzene rings is 2. The summed E-state index contributed by atoms with van der Waals surface area (Å²) >= 11 is 0. The van der Waals surface area contributed by atoms with Gasteiger partial charge in [-0.3, -0.25) is 0 Å². The lowest BCUT2D eigenvalue weighted by molar-refractivity contribution is -0.274. The fraction of sp³-hybridized carbons (Fsp3) is 0.118. The van der Waals surface area contributed by atoms with Crippen molar-refractivity contribution in [3.05, 3.63) is 60.3 Å². The number of rotatable bonds is 4. The summed E-state index contributed by atoms with van der Waals surface area (Å²) < 4.78 is 105. The van der Waals surface area contributed by atoms with Gasteiger partial charge in [-0.05, 0) is 42.5 Å². The molecule has 1 aromatic heterocycles. The summed E-state index contributed by atoms with van der Waals surface area (Å²) in [6, 6.07) is 9.56. The number of nitrogens with zero attached hydrogens (tertiary/aromatic N) is 2. The Balaban J connectivity index is 2.19. The maximum Gasteiger partial charge on any atom is 0.573 e. The van der Waals surface area contributed by atoms with Crippen molar-refractivity contribution in [2.75, 3.05) is 0 Å². The largest absolute Gasteiger partial charge is 0.573 e. The highest BCUT2D eigenvalue weighted by molar-refractivity contribution is 7.89. The van der Waals surface area contributed by atoms with Crippen LogP contribution >= 0.6 is 0 Å². The summed E-state index contributed by atoms with van der Waals surface area (Å²) in [5.41, 5.74) is -1.80. The molecule has 0 bridgehead atoms. The lowest BCUT2D eigenvalue weighted by Gasteiger charge is -2.12. The molecule has 0 spiro atoms. The average Bonchev–Trinajstić information content (AvgIpc) is 3.06. The van der Waals surface area contributed by atoms with Gasteiger partial charge in [0.2, 0.25) is 10.0 Å². The number of primary sulfonamides is 1. The minimum absolute atomic E-state index is 0.0248. The first kappa shape index (κ1) is 21.6. The van der Waals surface area contributed by atoms with Crippen molar-refractivity contribution in [1.82, 2.24) is 9.78 Å². The number of alkyl halides is 6. The summed E-state index contributed by atoms with van der Waals surface area (Å²) in [7, 11) is -4.32. The van der Waals surface area contributed by atoms with Gasteiger partial charge in [-0.2, -0.15) is 18.3 Å². The van der Waals surface area contributed by atoms with Gasteiger partial charge < -0.3 is 4.74 Å². The fourth-order valence-electron chi connectivity index (χ4n) is 2.61. The van der Waals surface area contributed by atoms with Crippen LogP contribution in [0, 0.1) is 0 Å². The maximum atomic E-state index is 13.2. The summed E-state index contributed by atoms with van der Waals surface area (Å²) in [6.45, 7) is 0. The molecule has 0 aliphatic carbocycles. The van der Waals surface area contributed by atoms with Crippen LogP contribution < -0.4 is 9.88 Å². The molecule has 6 nitrogen and oxygen atoms in total. The number of hydrogen-bond donors (Lipinski definition) is 1. The third-order valence-corrected chi connectivity index (χ3v) is 4.74. The number of halogens is 6. The highest BCUT2D eigenvalue weighted by atomic mass is 32.2. The van der Waals surface area contributed by atoms with Crippen molar-refractivity contribution in [2.24, 2.45) is 5.14 Å². The van der Waals surface area contributed by atoms with E-state index in [-0.39, 0.29) is 16.9 Å². The van der Waals surface area contributed by atoms with Crippen LogP contribution in [-0.2, 0) is 16.2 Å². The lowest BCUT2D eigenvalue weighted by Crippen LogP contribution is -2.17. The molecule has 3 aromatic rings. The Bertz CT molecular complexity index is 1170. The van der Waals surface area contributed by atoms with Gasteiger partial charge in [-0.1, -0.05) is 12.1 Å². The molecule has 0 saturated carbocycles. The standard InChI is InChI=1S/C17H11F6N3O3S/c18-16(19,20)15-9-13(10-5-7-11(8-6-10)29-17(21,22)23)26(25-15)12-3-1-2-4-14(12)30(24,27)28/h1-9H,(H2,24,27,28). The summed E-state index contributed by atoms with van der Waals surface area (Å²) in [5.74, 6) is -0.585. The van der Waals surface area contributed by atoms with E-state index in [0.717, 1.165) is 30.3 Å². The van der Waals surface area contributed by atoms with E-state index >= 15 is 0 Å². The van der Waals surface area contributed by atoms with E-state index in [1.807, 2.05) is 0 Å². The highest BCUT2D eigenvalue weighted by Gasteiger charge is 2.36. The van der Waals surface area contributed by atoms with Crippen molar-refractivity contribution >= 4 is 10.0 Å². The Morgan fingerprint density at radius 1 is 0.933 bits per heavy atom. The van der Waals surface area contributed by atoms with Crippen LogP contribution in [0.1, 0.15) is 5.69 Å². The molecule has 0 unspecified atom stereocenters. The highest BCUT2D eigenvalue weighted by Crippen LogP contribution is 2.35. The lowest BCUT2D eigenvalue weighted by atomic mass is 10.1. The first-order valence-corrected chi connectivity index (χ1v) is 9.46. The topological polar surface area (TPSA) is 87.2 Å². The smallest absolute Gasteiger partial charge is 0.406 e. The van der Waals surface area contributed by atoms with Crippen LogP contribution in [0.15, 0.2) is 59.5 Å². The third kappa shape index (κ3) is 4.74. The molecular formula is C17H11F6N3O3S. The second-order valence-corrected chi connectivity index (χ2v) is 7.44. The molecule has 13 heteroatoms. The molecule has 3 rings (SSSR count). The molecule has 30 heavy (non-hydrogen) atoms. The van der Waals surface area contributed by atoms with Crippen LogP contribution in [0.3, 0.4) is 0 Å².